The van der Waals surface area contributed by atoms with E-state index in [0.717, 1.165) is 5.70 Å². The molecule has 0 radical (unpaired) electrons. The molecule has 2 rings (SSSR count). The van der Waals surface area contributed by atoms with Crippen molar-refractivity contribution in [2.45, 2.75) is 0 Å². The minimum Gasteiger partial charge on any atom is -1.00 e. The third kappa shape index (κ3) is 2.46. The first-order valence-corrected chi connectivity index (χ1v) is 4.04. The third-order valence-corrected chi connectivity index (χ3v) is 2.03. The summed E-state index contributed by atoms with van der Waals surface area (Å²) < 4.78 is 0. The topological polar surface area (TPSA) is 40.5 Å². The van der Waals surface area contributed by atoms with Crippen LogP contribution in [0.4, 0.5) is 0 Å². The summed E-state index contributed by atoms with van der Waals surface area (Å²) in [6.07, 6.45) is 11.0. The van der Waals surface area contributed by atoms with Gasteiger partial charge in [0.25, 0.3) is 0 Å². The van der Waals surface area contributed by atoms with E-state index >= 15 is 0 Å². The Hall–Kier alpha value is -0.134. The van der Waals surface area contributed by atoms with Gasteiger partial charge in [0.15, 0.2) is 0 Å². The van der Waals surface area contributed by atoms with E-state index in [-0.39, 0.29) is 52.8 Å². The van der Waals surface area contributed by atoms with Crippen LogP contribution in [0.5, 0.6) is 0 Å². The quantitative estimate of drug-likeness (QED) is 0.535. The number of nitrogens with zero attached hydrogens (tertiary/aromatic N) is 1. The van der Waals surface area contributed by atoms with Crippen LogP contribution in [0, 0.1) is 0 Å². The van der Waals surface area contributed by atoms with E-state index in [2.05, 4.69) is 0 Å². The largest absolute Gasteiger partial charge is 1.00 e. The zero-order valence-corrected chi connectivity index (χ0v) is 11.1. The number of allylic oxidation sites excluding steroid dienone is 3. The van der Waals surface area contributed by atoms with Crippen LogP contribution in [-0.2, 0) is 4.79 Å². The second-order valence-corrected chi connectivity index (χ2v) is 2.89. The zero-order chi connectivity index (χ0) is 9.26. The Labute approximate surface area is 126 Å². The van der Waals surface area contributed by atoms with Crippen molar-refractivity contribution in [1.82, 2.24) is 4.90 Å². The minimum absolute atomic E-state index is 0. The summed E-state index contributed by atoms with van der Waals surface area (Å²) in [4.78, 5) is 12.6. The van der Waals surface area contributed by atoms with Crippen molar-refractivity contribution < 1.29 is 62.7 Å². The summed E-state index contributed by atoms with van der Waals surface area (Å²) in [5, 5.41) is 8.76. The van der Waals surface area contributed by atoms with Crippen LogP contribution in [0.15, 0.2) is 47.9 Å². The Bertz CT molecular complexity index is 372. The maximum atomic E-state index is 10.7. The van der Waals surface area contributed by atoms with Crippen LogP contribution < -0.4 is 51.4 Å². The standard InChI is InChI=1S/C10H9NO2.K.H/c12-10(13)8-4-6-11-5-2-1-3-9(11)7-8;;/h1-5,7H,6H2,(H,12,13);;/q;+1;-1. The summed E-state index contributed by atoms with van der Waals surface area (Å²) in [7, 11) is 0. The normalized spacial score (nSPS) is 17.9. The molecule has 4 heteroatoms. The maximum absolute atomic E-state index is 10.7. The molecular weight excluding hydrogens is 205 g/mol. The van der Waals surface area contributed by atoms with Crippen LogP contribution in [0.25, 0.3) is 0 Å². The van der Waals surface area contributed by atoms with Crippen LogP contribution in [0.3, 0.4) is 0 Å². The molecule has 2 aliphatic rings. The molecule has 0 aliphatic carbocycles. The van der Waals surface area contributed by atoms with Crippen molar-refractivity contribution >= 4 is 5.97 Å². The Morgan fingerprint density at radius 3 is 3.00 bits per heavy atom. The average Bonchev–Trinajstić information content (AvgIpc) is 2.17. The van der Waals surface area contributed by atoms with Crippen LogP contribution in [0.1, 0.15) is 1.43 Å². The Balaban J connectivity index is 0.000000980. The maximum Gasteiger partial charge on any atom is 1.00 e. The van der Waals surface area contributed by atoms with Crippen molar-refractivity contribution in [3.05, 3.63) is 47.9 Å². The fourth-order valence-electron chi connectivity index (χ4n) is 1.35. The number of aliphatic carboxylic acids is 1. The molecule has 2 aliphatic heterocycles. The second kappa shape index (κ2) is 5.09. The van der Waals surface area contributed by atoms with E-state index in [1.54, 1.807) is 12.2 Å². The molecule has 1 N–H and O–H groups in total. The Morgan fingerprint density at radius 2 is 2.29 bits per heavy atom. The molecule has 0 amide bonds. The van der Waals surface area contributed by atoms with Crippen LogP contribution >= 0.6 is 0 Å². The number of rotatable bonds is 1. The molecule has 0 saturated carbocycles. The molecule has 14 heavy (non-hydrogen) atoms. The van der Waals surface area contributed by atoms with Crippen molar-refractivity contribution in [2.75, 3.05) is 6.54 Å². The van der Waals surface area contributed by atoms with Gasteiger partial charge in [-0.1, -0.05) is 12.2 Å². The van der Waals surface area contributed by atoms with Gasteiger partial charge >= 0.3 is 57.4 Å². The summed E-state index contributed by atoms with van der Waals surface area (Å²) in [6.45, 7) is 0.633. The smallest absolute Gasteiger partial charge is 1.00 e. The molecule has 0 atom stereocenters. The molecule has 2 heterocycles. The fourth-order valence-corrected chi connectivity index (χ4v) is 1.35. The van der Waals surface area contributed by atoms with Crippen LogP contribution in [-0.4, -0.2) is 22.5 Å². The number of carboxylic acids is 1. The zero-order valence-electron chi connectivity index (χ0n) is 8.97. The molecule has 0 aromatic rings. The molecule has 0 aromatic carbocycles. The third-order valence-electron chi connectivity index (χ3n) is 2.03. The molecule has 0 bridgehead atoms. The number of carboxylic acid groups (broad SMARTS) is 1. The molecule has 0 fully saturated rings. The van der Waals surface area contributed by atoms with Gasteiger partial charge in [-0.15, -0.1) is 0 Å². The van der Waals surface area contributed by atoms with Gasteiger partial charge in [-0.05, 0) is 18.2 Å². The average molecular weight is 215 g/mol. The van der Waals surface area contributed by atoms with E-state index in [0.29, 0.717) is 12.1 Å². The van der Waals surface area contributed by atoms with Gasteiger partial charge in [0.2, 0.25) is 0 Å². The Kier molecular flexibility index (Phi) is 4.34. The number of hydrogen-bond acceptors (Lipinski definition) is 2. The van der Waals surface area contributed by atoms with E-state index < -0.39 is 5.97 Å². The molecule has 0 aromatic heterocycles. The first-order chi connectivity index (χ1) is 6.27. The SMILES string of the molecule is O=C(O)C1=CCN2C=CC=CC2=C1.[H-].[K+]. The van der Waals surface area contributed by atoms with E-state index in [1.807, 2.05) is 29.3 Å². The summed E-state index contributed by atoms with van der Waals surface area (Å²) >= 11 is 0. The van der Waals surface area contributed by atoms with Crippen molar-refractivity contribution in [2.24, 2.45) is 0 Å². The molecule has 68 valence electrons. The second-order valence-electron chi connectivity index (χ2n) is 2.89. The summed E-state index contributed by atoms with van der Waals surface area (Å²) in [5.41, 5.74) is 1.30. The van der Waals surface area contributed by atoms with Gasteiger partial charge in [0.1, 0.15) is 0 Å². The predicted molar refractivity (Wildman–Crippen MR) is 49.9 cm³/mol. The first kappa shape index (κ1) is 11.9. The van der Waals surface area contributed by atoms with Gasteiger partial charge < -0.3 is 11.4 Å². The van der Waals surface area contributed by atoms with Crippen molar-refractivity contribution in [3.8, 4) is 0 Å². The summed E-state index contributed by atoms with van der Waals surface area (Å²) in [5.74, 6) is -0.866. The predicted octanol–water partition coefficient (Wildman–Crippen LogP) is -1.60. The number of hydrogen-bond donors (Lipinski definition) is 1. The fraction of sp³-hybridized carbons (Fsp3) is 0.100. The van der Waals surface area contributed by atoms with Gasteiger partial charge in [0.05, 0.1) is 5.57 Å². The van der Waals surface area contributed by atoms with Gasteiger partial charge in [-0.3, -0.25) is 0 Å². The van der Waals surface area contributed by atoms with Crippen molar-refractivity contribution in [3.63, 3.8) is 0 Å². The van der Waals surface area contributed by atoms with E-state index in [4.69, 9.17) is 5.11 Å². The Morgan fingerprint density at radius 1 is 1.50 bits per heavy atom. The molecule has 0 saturated heterocycles. The van der Waals surface area contributed by atoms with Gasteiger partial charge in [-0.2, -0.15) is 0 Å². The first-order valence-electron chi connectivity index (χ1n) is 4.04. The van der Waals surface area contributed by atoms with E-state index in [1.165, 1.54) is 0 Å². The minimum atomic E-state index is -0.866. The molecule has 0 unspecified atom stereocenters. The van der Waals surface area contributed by atoms with Gasteiger partial charge in [0, 0.05) is 18.4 Å². The summed E-state index contributed by atoms with van der Waals surface area (Å²) in [6, 6.07) is 0. The van der Waals surface area contributed by atoms with Crippen LogP contribution in [0.2, 0.25) is 0 Å². The van der Waals surface area contributed by atoms with Gasteiger partial charge in [-0.25, -0.2) is 4.79 Å². The molecule has 3 nitrogen and oxygen atoms in total. The molecule has 0 spiro atoms. The number of fused-ring (bicyclic) bond motifs is 1. The van der Waals surface area contributed by atoms with E-state index in [9.17, 15) is 4.79 Å². The monoisotopic (exact) mass is 215 g/mol. The number of carbonyl (C=O) groups is 1. The molecular formula is C10H10KNO2. The van der Waals surface area contributed by atoms with Crippen molar-refractivity contribution in [1.29, 1.82) is 0 Å².